The maximum absolute atomic E-state index is 12.6. The summed E-state index contributed by atoms with van der Waals surface area (Å²) in [5.41, 5.74) is 6.03. The van der Waals surface area contributed by atoms with E-state index in [9.17, 15) is 9.59 Å². The number of ether oxygens (including phenoxy) is 2. The van der Waals surface area contributed by atoms with Gasteiger partial charge in [-0.2, -0.15) is 0 Å². The summed E-state index contributed by atoms with van der Waals surface area (Å²) in [6, 6.07) is 12.3. The molecule has 3 rings (SSSR count). The van der Waals surface area contributed by atoms with Gasteiger partial charge >= 0.3 is 0 Å². The number of hydrogen-bond acceptors (Lipinski definition) is 4. The number of carbonyl (C=O) groups excluding carboxylic acids is 2. The molecule has 1 aliphatic heterocycles. The van der Waals surface area contributed by atoms with Crippen molar-refractivity contribution in [2.45, 2.75) is 26.2 Å². The first-order valence-electron chi connectivity index (χ1n) is 10.1. The highest BCUT2D eigenvalue weighted by molar-refractivity contribution is 6.31. The molecule has 2 aromatic rings. The summed E-state index contributed by atoms with van der Waals surface area (Å²) in [7, 11) is 0. The molecule has 0 radical (unpaired) electrons. The number of nitrogens with zero attached hydrogens (tertiary/aromatic N) is 1. The number of amides is 2. The highest BCUT2D eigenvalue weighted by atomic mass is 35.5. The molecule has 1 aliphatic rings. The molecule has 0 spiro atoms. The van der Waals surface area contributed by atoms with Crippen LogP contribution in [-0.2, 0) is 9.59 Å². The van der Waals surface area contributed by atoms with Crippen LogP contribution in [0.3, 0.4) is 0 Å². The van der Waals surface area contributed by atoms with E-state index in [1.54, 1.807) is 41.3 Å². The van der Waals surface area contributed by atoms with Crippen LogP contribution in [0.2, 0.25) is 10.0 Å². The molecule has 2 aromatic carbocycles. The molecule has 1 saturated heterocycles. The zero-order chi connectivity index (χ0) is 22.4. The van der Waals surface area contributed by atoms with Gasteiger partial charge in [-0.1, -0.05) is 23.2 Å². The fourth-order valence-corrected chi connectivity index (χ4v) is 3.93. The molecule has 1 fully saturated rings. The second-order valence-electron chi connectivity index (χ2n) is 7.97. The summed E-state index contributed by atoms with van der Waals surface area (Å²) in [4.78, 5) is 26.0. The predicted octanol–water partition coefficient (Wildman–Crippen LogP) is 4.24. The Kier molecular flexibility index (Phi) is 7.68. The molecule has 0 atom stereocenters. The Morgan fingerprint density at radius 1 is 1.03 bits per heavy atom. The summed E-state index contributed by atoms with van der Waals surface area (Å²) in [5.74, 6) is 0.809. The van der Waals surface area contributed by atoms with E-state index in [-0.39, 0.29) is 24.8 Å². The molecule has 0 bridgehead atoms. The molecule has 0 aromatic heterocycles. The molecule has 2 N–H and O–H groups in total. The van der Waals surface area contributed by atoms with Gasteiger partial charge < -0.3 is 20.1 Å². The number of primary amides is 1. The molecule has 0 saturated carbocycles. The van der Waals surface area contributed by atoms with Crippen LogP contribution in [0.5, 0.6) is 11.5 Å². The van der Waals surface area contributed by atoms with Crippen LogP contribution in [-0.4, -0.2) is 43.0 Å². The summed E-state index contributed by atoms with van der Waals surface area (Å²) in [6.07, 6.45) is 1.45. The average Bonchev–Trinajstić information content (AvgIpc) is 2.74. The number of piperidine rings is 1. The Bertz CT molecular complexity index is 926. The lowest BCUT2D eigenvalue weighted by Gasteiger charge is -2.41. The van der Waals surface area contributed by atoms with E-state index < -0.39 is 5.41 Å². The van der Waals surface area contributed by atoms with E-state index in [1.807, 2.05) is 13.0 Å². The van der Waals surface area contributed by atoms with Crippen molar-refractivity contribution < 1.29 is 19.1 Å². The second-order valence-corrected chi connectivity index (χ2v) is 8.81. The van der Waals surface area contributed by atoms with E-state index in [2.05, 4.69) is 0 Å². The quantitative estimate of drug-likeness (QED) is 0.632. The van der Waals surface area contributed by atoms with E-state index in [4.69, 9.17) is 38.4 Å². The fourth-order valence-electron chi connectivity index (χ4n) is 3.68. The molecule has 6 nitrogen and oxygen atoms in total. The van der Waals surface area contributed by atoms with E-state index in [0.29, 0.717) is 54.1 Å². The minimum atomic E-state index is -0.410. The third-order valence-corrected chi connectivity index (χ3v) is 6.25. The van der Waals surface area contributed by atoms with Crippen molar-refractivity contribution in [2.24, 2.45) is 11.1 Å². The van der Waals surface area contributed by atoms with Crippen LogP contribution in [0.4, 0.5) is 0 Å². The van der Waals surface area contributed by atoms with Gasteiger partial charge in [0.25, 0.3) is 5.91 Å². The SMILES string of the molecule is Cc1cc(OCC2(CC(N)=O)CCN(C(=O)COc3ccc(Cl)cc3)CC2)ccc1Cl. The number of carbonyl (C=O) groups is 2. The highest BCUT2D eigenvalue weighted by Gasteiger charge is 2.38. The van der Waals surface area contributed by atoms with Crippen LogP contribution in [0.1, 0.15) is 24.8 Å². The molecule has 2 amide bonds. The van der Waals surface area contributed by atoms with Crippen molar-refractivity contribution in [3.05, 3.63) is 58.1 Å². The first kappa shape index (κ1) is 23.2. The lowest BCUT2D eigenvalue weighted by Crippen LogP contribution is -2.48. The molecule has 8 heteroatoms. The van der Waals surface area contributed by atoms with Gasteiger partial charge in [-0.25, -0.2) is 0 Å². The normalized spacial score (nSPS) is 15.4. The summed E-state index contributed by atoms with van der Waals surface area (Å²) in [5, 5.41) is 1.28. The molecule has 166 valence electrons. The van der Waals surface area contributed by atoms with E-state index in [0.717, 1.165) is 5.56 Å². The fraction of sp³-hybridized carbons (Fsp3) is 0.391. The monoisotopic (exact) mass is 464 g/mol. The van der Waals surface area contributed by atoms with Crippen molar-refractivity contribution in [1.29, 1.82) is 0 Å². The lowest BCUT2D eigenvalue weighted by atomic mass is 9.76. The molecule has 0 aliphatic carbocycles. The Labute approximate surface area is 192 Å². The third kappa shape index (κ3) is 6.52. The molecule has 31 heavy (non-hydrogen) atoms. The van der Waals surface area contributed by atoms with Crippen molar-refractivity contribution in [1.82, 2.24) is 4.90 Å². The Morgan fingerprint density at radius 2 is 1.68 bits per heavy atom. The van der Waals surface area contributed by atoms with Gasteiger partial charge in [0.05, 0.1) is 6.61 Å². The van der Waals surface area contributed by atoms with Crippen LogP contribution >= 0.6 is 23.2 Å². The zero-order valence-corrected chi connectivity index (χ0v) is 18.9. The van der Waals surface area contributed by atoms with Gasteiger partial charge in [0, 0.05) is 35.0 Å². The van der Waals surface area contributed by atoms with Crippen LogP contribution in [0.25, 0.3) is 0 Å². The van der Waals surface area contributed by atoms with Crippen molar-refractivity contribution in [3.63, 3.8) is 0 Å². The number of benzene rings is 2. The van der Waals surface area contributed by atoms with Gasteiger partial charge in [-0.15, -0.1) is 0 Å². The number of likely N-dealkylation sites (tertiary alicyclic amines) is 1. The number of rotatable bonds is 8. The first-order chi connectivity index (χ1) is 14.8. The number of aryl methyl sites for hydroxylation is 1. The van der Waals surface area contributed by atoms with E-state index in [1.165, 1.54) is 0 Å². The molecule has 1 heterocycles. The average molecular weight is 465 g/mol. The van der Waals surface area contributed by atoms with Crippen LogP contribution < -0.4 is 15.2 Å². The number of nitrogens with two attached hydrogens (primary N) is 1. The maximum Gasteiger partial charge on any atom is 0.260 e. The Morgan fingerprint density at radius 3 is 2.29 bits per heavy atom. The van der Waals surface area contributed by atoms with Gasteiger partial charge in [-0.3, -0.25) is 9.59 Å². The third-order valence-electron chi connectivity index (χ3n) is 5.58. The van der Waals surface area contributed by atoms with Crippen molar-refractivity contribution in [3.8, 4) is 11.5 Å². The van der Waals surface area contributed by atoms with E-state index >= 15 is 0 Å². The summed E-state index contributed by atoms with van der Waals surface area (Å²) < 4.78 is 11.6. The van der Waals surface area contributed by atoms with Crippen LogP contribution in [0.15, 0.2) is 42.5 Å². The number of halogens is 2. The minimum absolute atomic E-state index is 0.0506. The standard InChI is InChI=1S/C23H26Cl2N2O4/c1-16-12-19(6-7-20(16)25)31-15-23(13-21(26)28)8-10-27(11-9-23)22(29)14-30-18-4-2-17(24)3-5-18/h2-7,12H,8-11,13-15H2,1H3,(H2,26,28). The number of hydrogen-bond donors (Lipinski definition) is 1. The molecule has 0 unspecified atom stereocenters. The lowest BCUT2D eigenvalue weighted by molar-refractivity contribution is -0.136. The van der Waals surface area contributed by atoms with Gasteiger partial charge in [0.15, 0.2) is 6.61 Å². The van der Waals surface area contributed by atoms with Crippen molar-refractivity contribution in [2.75, 3.05) is 26.3 Å². The highest BCUT2D eigenvalue weighted by Crippen LogP contribution is 2.36. The summed E-state index contributed by atoms with van der Waals surface area (Å²) >= 11 is 11.9. The second kappa shape index (κ2) is 10.2. The topological polar surface area (TPSA) is 81.9 Å². The zero-order valence-electron chi connectivity index (χ0n) is 17.4. The van der Waals surface area contributed by atoms with Gasteiger partial charge in [0.2, 0.25) is 5.91 Å². The largest absolute Gasteiger partial charge is 0.493 e. The minimum Gasteiger partial charge on any atom is -0.493 e. The van der Waals surface area contributed by atoms with Crippen LogP contribution in [0, 0.1) is 12.3 Å². The molecular formula is C23H26Cl2N2O4. The molecular weight excluding hydrogens is 439 g/mol. The van der Waals surface area contributed by atoms with Gasteiger partial charge in [-0.05, 0) is 67.8 Å². The smallest absolute Gasteiger partial charge is 0.260 e. The Balaban J connectivity index is 1.56. The Hall–Kier alpha value is -2.44. The predicted molar refractivity (Wildman–Crippen MR) is 121 cm³/mol. The maximum atomic E-state index is 12.6. The summed E-state index contributed by atoms with van der Waals surface area (Å²) in [6.45, 7) is 3.23. The van der Waals surface area contributed by atoms with Crippen molar-refractivity contribution >= 4 is 35.0 Å². The first-order valence-corrected chi connectivity index (χ1v) is 10.9. The van der Waals surface area contributed by atoms with Gasteiger partial charge in [0.1, 0.15) is 11.5 Å².